The molecule has 0 unspecified atom stereocenters. The van der Waals surface area contributed by atoms with Crippen molar-refractivity contribution in [1.29, 1.82) is 0 Å². The van der Waals surface area contributed by atoms with E-state index in [9.17, 15) is 18.7 Å². The van der Waals surface area contributed by atoms with Crippen molar-refractivity contribution in [2.75, 3.05) is 10.6 Å². The molecule has 5 nitrogen and oxygen atoms in total. The summed E-state index contributed by atoms with van der Waals surface area (Å²) in [6, 6.07) is 22.0. The second-order valence-corrected chi connectivity index (χ2v) is 7.50. The molecule has 8 heteroatoms. The maximum Gasteiger partial charge on any atom is 0.335 e. The van der Waals surface area contributed by atoms with E-state index in [1.165, 1.54) is 18.2 Å². The van der Waals surface area contributed by atoms with Crippen molar-refractivity contribution in [2.45, 2.75) is 0 Å². The number of carboxylic acids is 1. The third-order valence-corrected chi connectivity index (χ3v) is 4.84. The molecule has 0 aliphatic carbocycles. The molecule has 0 heterocycles. The van der Waals surface area contributed by atoms with Gasteiger partial charge in [-0.15, -0.1) is 0 Å². The Kier molecular flexibility index (Phi) is 6.42. The largest absolute Gasteiger partial charge is 0.478 e. The van der Waals surface area contributed by atoms with Crippen LogP contribution in [-0.2, 0) is 0 Å². The van der Waals surface area contributed by atoms with E-state index in [1.54, 1.807) is 30.3 Å². The maximum atomic E-state index is 13.5. The fourth-order valence-electron chi connectivity index (χ4n) is 3.04. The third kappa shape index (κ3) is 5.78. The molecule has 166 valence electrons. The zero-order valence-corrected chi connectivity index (χ0v) is 17.7. The van der Waals surface area contributed by atoms with E-state index in [1.807, 2.05) is 24.3 Å². The van der Waals surface area contributed by atoms with E-state index in [2.05, 4.69) is 10.6 Å². The predicted octanol–water partition coefficient (Wildman–Crippen LogP) is 7.60. The first kappa shape index (κ1) is 22.1. The number of halogens is 3. The molecule has 0 saturated carbocycles. The summed E-state index contributed by atoms with van der Waals surface area (Å²) in [6.07, 6.45) is 0. The number of nitrogens with one attached hydrogen (secondary N) is 2. The van der Waals surface area contributed by atoms with Crippen LogP contribution in [0.4, 0.5) is 31.5 Å². The Hall–Kier alpha value is -4.10. The van der Waals surface area contributed by atoms with Crippen molar-refractivity contribution in [1.82, 2.24) is 0 Å². The zero-order chi connectivity index (χ0) is 23.4. The summed E-state index contributed by atoms with van der Waals surface area (Å²) >= 11 is 5.90. The van der Waals surface area contributed by atoms with Crippen LogP contribution >= 0.6 is 11.6 Å². The van der Waals surface area contributed by atoms with Crippen LogP contribution in [-0.4, -0.2) is 11.1 Å². The molecule has 0 aromatic heterocycles. The molecular formula is C25H17ClF2N2O3. The third-order valence-electron chi connectivity index (χ3n) is 4.58. The van der Waals surface area contributed by atoms with Crippen LogP contribution in [0.25, 0.3) is 0 Å². The number of anilines is 4. The highest BCUT2D eigenvalue weighted by atomic mass is 35.5. The minimum Gasteiger partial charge on any atom is -0.478 e. The monoisotopic (exact) mass is 466 g/mol. The van der Waals surface area contributed by atoms with Crippen molar-refractivity contribution in [3.63, 3.8) is 0 Å². The molecule has 33 heavy (non-hydrogen) atoms. The first-order chi connectivity index (χ1) is 15.9. The molecule has 0 amide bonds. The van der Waals surface area contributed by atoms with Crippen molar-refractivity contribution >= 4 is 40.3 Å². The second kappa shape index (κ2) is 9.58. The van der Waals surface area contributed by atoms with Gasteiger partial charge in [0.05, 0.1) is 5.56 Å². The molecule has 0 aliphatic heterocycles. The lowest BCUT2D eigenvalue weighted by molar-refractivity contribution is 0.0696. The van der Waals surface area contributed by atoms with Gasteiger partial charge in [0, 0.05) is 39.9 Å². The molecule has 4 aromatic rings. The topological polar surface area (TPSA) is 70.6 Å². The maximum absolute atomic E-state index is 13.5. The van der Waals surface area contributed by atoms with Crippen LogP contribution < -0.4 is 15.4 Å². The number of rotatable bonds is 7. The van der Waals surface area contributed by atoms with Gasteiger partial charge in [0.15, 0.2) is 11.6 Å². The number of carboxylic acid groups (broad SMARTS) is 1. The number of carbonyl (C=O) groups is 1. The fourth-order valence-corrected chi connectivity index (χ4v) is 3.16. The lowest BCUT2D eigenvalue weighted by Gasteiger charge is -2.12. The Morgan fingerprint density at radius 2 is 1.30 bits per heavy atom. The molecule has 0 aliphatic rings. The van der Waals surface area contributed by atoms with E-state index in [4.69, 9.17) is 16.3 Å². The van der Waals surface area contributed by atoms with Crippen LogP contribution in [0.5, 0.6) is 11.5 Å². The van der Waals surface area contributed by atoms with Gasteiger partial charge in [-0.3, -0.25) is 0 Å². The quantitative estimate of drug-likeness (QED) is 0.261. The Morgan fingerprint density at radius 1 is 0.697 bits per heavy atom. The van der Waals surface area contributed by atoms with Gasteiger partial charge in [-0.2, -0.15) is 0 Å². The van der Waals surface area contributed by atoms with E-state index < -0.39 is 17.6 Å². The summed E-state index contributed by atoms with van der Waals surface area (Å²) in [5, 5.41) is 16.2. The normalized spacial score (nSPS) is 10.5. The molecule has 0 atom stereocenters. The number of aromatic carboxylic acids is 1. The van der Waals surface area contributed by atoms with Crippen LogP contribution in [0.15, 0.2) is 84.9 Å². The van der Waals surface area contributed by atoms with Crippen molar-refractivity contribution in [3.05, 3.63) is 107 Å². The van der Waals surface area contributed by atoms with Gasteiger partial charge in [0.2, 0.25) is 0 Å². The lowest BCUT2D eigenvalue weighted by Crippen LogP contribution is -2.00. The van der Waals surface area contributed by atoms with Gasteiger partial charge in [-0.1, -0.05) is 11.6 Å². The molecule has 0 saturated heterocycles. The summed E-state index contributed by atoms with van der Waals surface area (Å²) < 4.78 is 32.5. The van der Waals surface area contributed by atoms with Gasteiger partial charge >= 0.3 is 5.97 Å². The summed E-state index contributed by atoms with van der Waals surface area (Å²) in [6.45, 7) is 0. The second-order valence-electron chi connectivity index (χ2n) is 7.06. The average molecular weight is 467 g/mol. The Balaban J connectivity index is 1.52. The summed E-state index contributed by atoms with van der Waals surface area (Å²) in [4.78, 5) is 11.5. The van der Waals surface area contributed by atoms with Gasteiger partial charge in [0.1, 0.15) is 11.5 Å². The highest BCUT2D eigenvalue weighted by molar-refractivity contribution is 6.30. The molecule has 3 N–H and O–H groups in total. The number of ether oxygens (including phenoxy) is 1. The molecular weight excluding hydrogens is 450 g/mol. The van der Waals surface area contributed by atoms with Crippen LogP contribution in [0.3, 0.4) is 0 Å². The molecule has 4 rings (SSSR count). The smallest absolute Gasteiger partial charge is 0.335 e. The van der Waals surface area contributed by atoms with Gasteiger partial charge in [-0.05, 0) is 72.8 Å². The fraction of sp³-hybridized carbons (Fsp3) is 0. The molecule has 0 radical (unpaired) electrons. The van der Waals surface area contributed by atoms with Crippen molar-refractivity contribution < 1.29 is 23.4 Å². The minimum atomic E-state index is -1.16. The molecule has 0 bridgehead atoms. The number of hydrogen-bond acceptors (Lipinski definition) is 4. The standard InChI is InChI=1S/C25H17ClF2N2O3/c26-16-1-3-17(4-2-16)29-18-5-8-21(9-6-18)33-22-12-15(25(31)32)11-20(13-22)30-19-7-10-23(27)24(28)14-19/h1-14,29-30H,(H,31,32). The van der Waals surface area contributed by atoms with Gasteiger partial charge < -0.3 is 20.5 Å². The zero-order valence-electron chi connectivity index (χ0n) is 17.0. The molecule has 0 fully saturated rings. The Morgan fingerprint density at radius 3 is 1.94 bits per heavy atom. The highest BCUT2D eigenvalue weighted by Crippen LogP contribution is 2.30. The highest BCUT2D eigenvalue weighted by Gasteiger charge is 2.10. The van der Waals surface area contributed by atoms with Gasteiger partial charge in [-0.25, -0.2) is 13.6 Å². The Bertz CT molecular complexity index is 1300. The van der Waals surface area contributed by atoms with Gasteiger partial charge in [0.25, 0.3) is 0 Å². The van der Waals surface area contributed by atoms with Crippen molar-refractivity contribution in [2.24, 2.45) is 0 Å². The van der Waals surface area contributed by atoms with E-state index in [-0.39, 0.29) is 17.0 Å². The van der Waals surface area contributed by atoms with E-state index in [0.29, 0.717) is 16.5 Å². The summed E-state index contributed by atoms with van der Waals surface area (Å²) in [7, 11) is 0. The Labute approximate surface area is 193 Å². The van der Waals surface area contributed by atoms with E-state index in [0.717, 1.165) is 23.5 Å². The SMILES string of the molecule is O=C(O)c1cc(Nc2ccc(F)c(F)c2)cc(Oc2ccc(Nc3ccc(Cl)cc3)cc2)c1. The van der Waals surface area contributed by atoms with Crippen LogP contribution in [0, 0.1) is 11.6 Å². The molecule has 4 aromatic carbocycles. The minimum absolute atomic E-state index is 0.0291. The number of benzene rings is 4. The van der Waals surface area contributed by atoms with Crippen LogP contribution in [0.1, 0.15) is 10.4 Å². The summed E-state index contributed by atoms with van der Waals surface area (Å²) in [5.74, 6) is -2.40. The molecule has 0 spiro atoms. The average Bonchev–Trinajstić information content (AvgIpc) is 2.79. The van der Waals surface area contributed by atoms with Crippen LogP contribution in [0.2, 0.25) is 5.02 Å². The summed E-state index contributed by atoms with van der Waals surface area (Å²) in [5.41, 5.74) is 2.27. The first-order valence-electron chi connectivity index (χ1n) is 9.77. The van der Waals surface area contributed by atoms with E-state index >= 15 is 0 Å². The number of hydrogen-bond donors (Lipinski definition) is 3. The van der Waals surface area contributed by atoms with Crippen molar-refractivity contribution in [3.8, 4) is 11.5 Å². The lowest BCUT2D eigenvalue weighted by atomic mass is 10.1. The predicted molar refractivity (Wildman–Crippen MR) is 124 cm³/mol. The first-order valence-corrected chi connectivity index (χ1v) is 10.1.